The predicted octanol–water partition coefficient (Wildman–Crippen LogP) is 0.992. The number of nitrogens with one attached hydrogen (secondary N) is 1. The van der Waals surface area contributed by atoms with E-state index in [9.17, 15) is 0 Å². The number of H-pyrrole nitrogens is 1. The Balaban J connectivity index is 1.62. The molecule has 2 aromatic heterocycles. The number of fused-ring (bicyclic) bond motifs is 1. The van der Waals surface area contributed by atoms with Gasteiger partial charge in [-0.1, -0.05) is 0 Å². The zero-order valence-corrected chi connectivity index (χ0v) is 11.0. The molecule has 7 heteroatoms. The van der Waals surface area contributed by atoms with Crippen molar-refractivity contribution in [1.82, 2.24) is 30.4 Å². The highest BCUT2D eigenvalue weighted by Gasteiger charge is 2.29. The summed E-state index contributed by atoms with van der Waals surface area (Å²) in [5.74, 6) is 2.03. The molecule has 3 heterocycles. The van der Waals surface area contributed by atoms with Gasteiger partial charge in [0.1, 0.15) is 0 Å². The molecule has 1 aliphatic carbocycles. The average molecular weight is 259 g/mol. The fourth-order valence-electron chi connectivity index (χ4n) is 2.80. The average Bonchev–Trinajstić information content (AvgIpc) is 3.05. The van der Waals surface area contributed by atoms with E-state index in [0.29, 0.717) is 6.04 Å². The summed E-state index contributed by atoms with van der Waals surface area (Å²) in [7, 11) is 0. The zero-order valence-electron chi connectivity index (χ0n) is 11.0. The quantitative estimate of drug-likeness (QED) is 0.889. The van der Waals surface area contributed by atoms with Crippen LogP contribution in [-0.4, -0.2) is 36.9 Å². The maximum Gasteiger partial charge on any atom is 0.170 e. The number of nitrogens with zero attached hydrogens (tertiary/aromatic N) is 6. The first-order chi connectivity index (χ1) is 9.33. The SMILES string of the molecule is Cc1[nH]nc2c1CCCN2Cc1nnnn1C1CC1. The molecule has 2 aliphatic rings. The largest absolute Gasteiger partial charge is 0.347 e. The Morgan fingerprint density at radius 1 is 1.37 bits per heavy atom. The zero-order chi connectivity index (χ0) is 12.8. The summed E-state index contributed by atoms with van der Waals surface area (Å²) in [6, 6.07) is 0.523. The lowest BCUT2D eigenvalue weighted by molar-refractivity contribution is 0.565. The Hall–Kier alpha value is -1.92. The molecule has 19 heavy (non-hydrogen) atoms. The van der Waals surface area contributed by atoms with E-state index in [1.807, 2.05) is 4.68 Å². The first kappa shape index (κ1) is 11.0. The molecule has 0 amide bonds. The molecule has 1 N–H and O–H groups in total. The molecule has 100 valence electrons. The smallest absolute Gasteiger partial charge is 0.170 e. The first-order valence-corrected chi connectivity index (χ1v) is 6.88. The monoisotopic (exact) mass is 259 g/mol. The van der Waals surface area contributed by atoms with Gasteiger partial charge >= 0.3 is 0 Å². The number of rotatable bonds is 3. The van der Waals surface area contributed by atoms with E-state index >= 15 is 0 Å². The molecule has 0 spiro atoms. The first-order valence-electron chi connectivity index (χ1n) is 6.88. The summed E-state index contributed by atoms with van der Waals surface area (Å²) in [6.07, 6.45) is 4.68. The number of hydrogen-bond acceptors (Lipinski definition) is 5. The summed E-state index contributed by atoms with van der Waals surface area (Å²) in [4.78, 5) is 2.28. The molecule has 0 radical (unpaired) electrons. The minimum Gasteiger partial charge on any atom is -0.347 e. The number of hydrogen-bond donors (Lipinski definition) is 1. The molecule has 1 saturated carbocycles. The van der Waals surface area contributed by atoms with Crippen LogP contribution in [0.25, 0.3) is 0 Å². The lowest BCUT2D eigenvalue weighted by atomic mass is 10.1. The van der Waals surface area contributed by atoms with Crippen LogP contribution in [0.4, 0.5) is 5.82 Å². The number of tetrazole rings is 1. The van der Waals surface area contributed by atoms with Gasteiger partial charge in [-0.15, -0.1) is 5.10 Å². The number of aromatic amines is 1. The standard InChI is InChI=1S/C12H17N7/c1-8-10-3-2-6-18(12(10)15-13-8)7-11-14-16-17-19(11)9-4-5-9/h9H,2-7H2,1H3,(H,13,15). The number of aromatic nitrogens is 6. The van der Waals surface area contributed by atoms with Gasteiger partial charge in [-0.25, -0.2) is 4.68 Å². The Morgan fingerprint density at radius 3 is 3.11 bits per heavy atom. The van der Waals surface area contributed by atoms with E-state index in [4.69, 9.17) is 0 Å². The summed E-state index contributed by atoms with van der Waals surface area (Å²) in [5.41, 5.74) is 2.53. The molecule has 0 saturated heterocycles. The van der Waals surface area contributed by atoms with E-state index in [2.05, 4.69) is 37.5 Å². The van der Waals surface area contributed by atoms with Crippen LogP contribution in [0.1, 0.15) is 42.4 Å². The lowest BCUT2D eigenvalue weighted by Gasteiger charge is -2.27. The Morgan fingerprint density at radius 2 is 2.26 bits per heavy atom. The molecule has 0 aromatic carbocycles. The van der Waals surface area contributed by atoms with Crippen molar-refractivity contribution < 1.29 is 0 Å². The molecular formula is C12H17N7. The molecule has 0 unspecified atom stereocenters. The summed E-state index contributed by atoms with van der Waals surface area (Å²) < 4.78 is 1.98. The van der Waals surface area contributed by atoms with Gasteiger partial charge in [0.15, 0.2) is 11.6 Å². The van der Waals surface area contributed by atoms with Gasteiger partial charge < -0.3 is 4.90 Å². The van der Waals surface area contributed by atoms with E-state index < -0.39 is 0 Å². The Bertz CT molecular complexity index is 595. The minimum atomic E-state index is 0.523. The van der Waals surface area contributed by atoms with Crippen LogP contribution in [0.5, 0.6) is 0 Å². The predicted molar refractivity (Wildman–Crippen MR) is 68.8 cm³/mol. The van der Waals surface area contributed by atoms with Gasteiger partial charge in [-0.2, -0.15) is 5.10 Å². The highest BCUT2D eigenvalue weighted by Crippen LogP contribution is 2.35. The Kier molecular flexibility index (Phi) is 2.33. The summed E-state index contributed by atoms with van der Waals surface area (Å²) in [6.45, 7) is 3.86. The van der Waals surface area contributed by atoms with Crippen molar-refractivity contribution in [2.75, 3.05) is 11.4 Å². The van der Waals surface area contributed by atoms with Gasteiger partial charge in [0, 0.05) is 17.8 Å². The van der Waals surface area contributed by atoms with Crippen LogP contribution in [0.2, 0.25) is 0 Å². The topological polar surface area (TPSA) is 75.5 Å². The molecule has 0 atom stereocenters. The second-order valence-electron chi connectivity index (χ2n) is 5.45. The molecule has 1 fully saturated rings. The van der Waals surface area contributed by atoms with Crippen LogP contribution in [0.3, 0.4) is 0 Å². The van der Waals surface area contributed by atoms with Crippen molar-refractivity contribution in [2.24, 2.45) is 0 Å². The molecule has 4 rings (SSSR count). The fourth-order valence-corrected chi connectivity index (χ4v) is 2.80. The van der Waals surface area contributed by atoms with E-state index in [1.165, 1.54) is 30.5 Å². The van der Waals surface area contributed by atoms with Gasteiger partial charge in [-0.05, 0) is 43.0 Å². The maximum atomic E-state index is 4.43. The van der Waals surface area contributed by atoms with Gasteiger partial charge in [0.05, 0.1) is 12.6 Å². The molecule has 0 bridgehead atoms. The summed E-state index contributed by atoms with van der Waals surface area (Å²) >= 11 is 0. The van der Waals surface area contributed by atoms with Crippen molar-refractivity contribution in [3.8, 4) is 0 Å². The molecular weight excluding hydrogens is 242 g/mol. The number of anilines is 1. The van der Waals surface area contributed by atoms with Crippen LogP contribution in [0, 0.1) is 6.92 Å². The van der Waals surface area contributed by atoms with Crippen LogP contribution in [0.15, 0.2) is 0 Å². The van der Waals surface area contributed by atoms with Crippen molar-refractivity contribution in [1.29, 1.82) is 0 Å². The van der Waals surface area contributed by atoms with Crippen LogP contribution in [-0.2, 0) is 13.0 Å². The van der Waals surface area contributed by atoms with E-state index in [0.717, 1.165) is 31.2 Å². The molecule has 2 aromatic rings. The third kappa shape index (κ3) is 1.80. The summed E-state index contributed by atoms with van der Waals surface area (Å²) in [5, 5.41) is 19.6. The van der Waals surface area contributed by atoms with Gasteiger partial charge in [0.2, 0.25) is 0 Å². The highest BCUT2D eigenvalue weighted by molar-refractivity contribution is 5.50. The van der Waals surface area contributed by atoms with Gasteiger partial charge in [0.25, 0.3) is 0 Å². The van der Waals surface area contributed by atoms with Gasteiger partial charge in [-0.3, -0.25) is 5.10 Å². The highest BCUT2D eigenvalue weighted by atomic mass is 15.6. The fraction of sp³-hybridized carbons (Fsp3) is 0.667. The molecule has 7 nitrogen and oxygen atoms in total. The second-order valence-corrected chi connectivity index (χ2v) is 5.45. The minimum absolute atomic E-state index is 0.523. The third-order valence-corrected chi connectivity index (χ3v) is 3.99. The maximum absolute atomic E-state index is 4.43. The van der Waals surface area contributed by atoms with Crippen molar-refractivity contribution in [3.63, 3.8) is 0 Å². The second kappa shape index (κ2) is 4.04. The van der Waals surface area contributed by atoms with Crippen molar-refractivity contribution in [3.05, 3.63) is 17.1 Å². The number of aryl methyl sites for hydroxylation is 1. The van der Waals surface area contributed by atoms with Crippen molar-refractivity contribution in [2.45, 2.75) is 45.2 Å². The Labute approximate surface area is 111 Å². The lowest BCUT2D eigenvalue weighted by Crippen LogP contribution is -2.30. The van der Waals surface area contributed by atoms with Crippen molar-refractivity contribution >= 4 is 5.82 Å². The molecule has 1 aliphatic heterocycles. The van der Waals surface area contributed by atoms with Crippen LogP contribution >= 0.6 is 0 Å². The normalized spacial score (nSPS) is 18.7. The van der Waals surface area contributed by atoms with E-state index in [-0.39, 0.29) is 0 Å². The van der Waals surface area contributed by atoms with E-state index in [1.54, 1.807) is 0 Å². The third-order valence-electron chi connectivity index (χ3n) is 3.99. The van der Waals surface area contributed by atoms with Crippen LogP contribution < -0.4 is 4.90 Å².